The van der Waals surface area contributed by atoms with Gasteiger partial charge in [0.05, 0.1) is 0 Å². The van der Waals surface area contributed by atoms with Gasteiger partial charge in [0.2, 0.25) is 0 Å². The van der Waals surface area contributed by atoms with Crippen LogP contribution in [0.5, 0.6) is 0 Å². The van der Waals surface area contributed by atoms with Gasteiger partial charge in [-0.1, -0.05) is 11.6 Å². The molecule has 0 aliphatic carbocycles. The van der Waals surface area contributed by atoms with Crippen molar-refractivity contribution in [2.45, 2.75) is 0 Å². The summed E-state index contributed by atoms with van der Waals surface area (Å²) in [5.41, 5.74) is 0. The summed E-state index contributed by atoms with van der Waals surface area (Å²) in [5.74, 6) is -1.45. The SMILES string of the molecule is O=C(O)/C(Cl)=C/F. The minimum Gasteiger partial charge on any atom is -0.477 e. The maximum atomic E-state index is 11.0. The highest BCUT2D eigenvalue weighted by Crippen LogP contribution is 1.98. The third-order valence-electron chi connectivity index (χ3n) is 0.300. The molecule has 0 aliphatic rings. The number of halogens is 2. The molecule has 40 valence electrons. The standard InChI is InChI=1S/C3H2ClFO2/c4-2(1-5)3(6)7/h1H,(H,6,7)/b2-1-. The zero-order chi connectivity index (χ0) is 5.86. The average molecular weight is 124 g/mol. The van der Waals surface area contributed by atoms with Crippen molar-refractivity contribution in [3.05, 3.63) is 11.4 Å². The maximum Gasteiger partial charge on any atom is 0.349 e. The monoisotopic (exact) mass is 124 g/mol. The van der Waals surface area contributed by atoms with Crippen molar-refractivity contribution in [3.63, 3.8) is 0 Å². The third-order valence-corrected chi connectivity index (χ3v) is 0.544. The van der Waals surface area contributed by atoms with Crippen LogP contribution in [0.4, 0.5) is 4.39 Å². The number of carboxylic acids is 1. The Kier molecular flexibility index (Phi) is 2.37. The zero-order valence-corrected chi connectivity index (χ0v) is 3.94. The van der Waals surface area contributed by atoms with Gasteiger partial charge in [-0.2, -0.15) is 0 Å². The number of carboxylic acid groups (broad SMARTS) is 1. The molecule has 0 aromatic rings. The molecule has 0 amide bonds. The van der Waals surface area contributed by atoms with Crippen molar-refractivity contribution in [1.82, 2.24) is 0 Å². The first-order valence-corrected chi connectivity index (χ1v) is 1.75. The van der Waals surface area contributed by atoms with E-state index < -0.39 is 11.0 Å². The molecule has 0 atom stereocenters. The second-order valence-corrected chi connectivity index (χ2v) is 1.17. The Balaban J connectivity index is 3.82. The van der Waals surface area contributed by atoms with Gasteiger partial charge in [-0.3, -0.25) is 0 Å². The van der Waals surface area contributed by atoms with Crippen LogP contribution >= 0.6 is 11.6 Å². The summed E-state index contributed by atoms with van der Waals surface area (Å²) >= 11 is 4.69. The molecule has 0 saturated carbocycles. The molecule has 0 unspecified atom stereocenters. The predicted molar refractivity (Wildman–Crippen MR) is 22.7 cm³/mol. The first-order chi connectivity index (χ1) is 3.18. The van der Waals surface area contributed by atoms with Crippen LogP contribution in [-0.2, 0) is 4.79 Å². The fourth-order valence-corrected chi connectivity index (χ4v) is 0.0467. The Hall–Kier alpha value is -0.570. The quantitative estimate of drug-likeness (QED) is 0.532. The molecule has 2 nitrogen and oxygen atoms in total. The van der Waals surface area contributed by atoms with Gasteiger partial charge in [-0.25, -0.2) is 9.18 Å². The molecule has 0 rings (SSSR count). The first-order valence-electron chi connectivity index (χ1n) is 1.37. The number of hydrogen-bond acceptors (Lipinski definition) is 1. The molecule has 0 aromatic carbocycles. The van der Waals surface area contributed by atoms with Crippen LogP contribution < -0.4 is 0 Å². The topological polar surface area (TPSA) is 37.3 Å². The summed E-state index contributed by atoms with van der Waals surface area (Å²) in [6, 6.07) is 0. The lowest BCUT2D eigenvalue weighted by Crippen LogP contribution is -1.91. The number of carbonyl (C=O) groups is 1. The van der Waals surface area contributed by atoms with E-state index in [2.05, 4.69) is 11.6 Å². The van der Waals surface area contributed by atoms with E-state index in [4.69, 9.17) is 5.11 Å². The Morgan fingerprint density at radius 1 is 1.86 bits per heavy atom. The molecule has 0 radical (unpaired) electrons. The average Bonchev–Trinajstić information content (AvgIpc) is 1.65. The van der Waals surface area contributed by atoms with Crippen LogP contribution in [0.2, 0.25) is 0 Å². The van der Waals surface area contributed by atoms with Gasteiger partial charge >= 0.3 is 5.97 Å². The second-order valence-electron chi connectivity index (χ2n) is 0.762. The van der Waals surface area contributed by atoms with Crippen molar-refractivity contribution in [2.75, 3.05) is 0 Å². The third kappa shape index (κ3) is 2.17. The summed E-state index contributed by atoms with van der Waals surface area (Å²) in [6.07, 6.45) is -0.177. The molecule has 0 fully saturated rings. The molecule has 0 spiro atoms. The Labute approximate surface area is 44.2 Å². The van der Waals surface area contributed by atoms with Gasteiger partial charge in [-0.15, -0.1) is 0 Å². The smallest absolute Gasteiger partial charge is 0.349 e. The van der Waals surface area contributed by atoms with Crippen LogP contribution in [0.1, 0.15) is 0 Å². The van der Waals surface area contributed by atoms with Crippen LogP contribution in [0.25, 0.3) is 0 Å². The summed E-state index contributed by atoms with van der Waals surface area (Å²) < 4.78 is 11.0. The molecule has 7 heavy (non-hydrogen) atoms. The normalized spacial score (nSPS) is 11.4. The fraction of sp³-hybridized carbons (Fsp3) is 0. The number of aliphatic carboxylic acids is 1. The summed E-state index contributed by atoms with van der Waals surface area (Å²) in [7, 11) is 0. The van der Waals surface area contributed by atoms with Crippen molar-refractivity contribution in [3.8, 4) is 0 Å². The van der Waals surface area contributed by atoms with Crippen molar-refractivity contribution >= 4 is 17.6 Å². The Morgan fingerprint density at radius 3 is 2.29 bits per heavy atom. The highest BCUT2D eigenvalue weighted by molar-refractivity contribution is 6.40. The lowest BCUT2D eigenvalue weighted by molar-refractivity contribution is -0.131. The minimum absolute atomic E-state index is 0.177. The van der Waals surface area contributed by atoms with E-state index in [0.717, 1.165) is 0 Å². The van der Waals surface area contributed by atoms with Crippen molar-refractivity contribution in [2.24, 2.45) is 0 Å². The van der Waals surface area contributed by atoms with Crippen LogP contribution in [0.3, 0.4) is 0 Å². The highest BCUT2D eigenvalue weighted by Gasteiger charge is 1.99. The maximum absolute atomic E-state index is 11.0. The molecule has 0 heterocycles. The van der Waals surface area contributed by atoms with Gasteiger partial charge in [0.1, 0.15) is 6.33 Å². The Bertz CT molecular complexity index is 110. The van der Waals surface area contributed by atoms with Crippen molar-refractivity contribution in [1.29, 1.82) is 0 Å². The second kappa shape index (κ2) is 2.58. The van der Waals surface area contributed by atoms with Gasteiger partial charge < -0.3 is 5.11 Å². The lowest BCUT2D eigenvalue weighted by Gasteiger charge is -1.78. The van der Waals surface area contributed by atoms with E-state index in [1.54, 1.807) is 0 Å². The van der Waals surface area contributed by atoms with Crippen LogP contribution in [-0.4, -0.2) is 11.1 Å². The van der Waals surface area contributed by atoms with Gasteiger partial charge in [0.25, 0.3) is 0 Å². The van der Waals surface area contributed by atoms with Gasteiger partial charge in [-0.05, 0) is 0 Å². The van der Waals surface area contributed by atoms with E-state index in [-0.39, 0.29) is 6.33 Å². The van der Waals surface area contributed by atoms with E-state index >= 15 is 0 Å². The summed E-state index contributed by atoms with van der Waals surface area (Å²) in [5, 5.41) is 6.94. The predicted octanol–water partition coefficient (Wildman–Crippen LogP) is 1.12. The molecule has 1 N–H and O–H groups in total. The van der Waals surface area contributed by atoms with E-state index in [1.807, 2.05) is 0 Å². The van der Waals surface area contributed by atoms with Crippen molar-refractivity contribution < 1.29 is 14.3 Å². The number of hydrogen-bond donors (Lipinski definition) is 1. The summed E-state index contributed by atoms with van der Waals surface area (Å²) in [4.78, 5) is 9.49. The lowest BCUT2D eigenvalue weighted by atomic mass is 10.6. The molecule has 0 aliphatic heterocycles. The van der Waals surface area contributed by atoms with E-state index in [1.165, 1.54) is 0 Å². The van der Waals surface area contributed by atoms with E-state index in [9.17, 15) is 9.18 Å². The molecular weight excluding hydrogens is 122 g/mol. The molecule has 0 saturated heterocycles. The molecular formula is C3H2ClFO2. The van der Waals surface area contributed by atoms with Crippen LogP contribution in [0, 0.1) is 0 Å². The summed E-state index contributed by atoms with van der Waals surface area (Å²) in [6.45, 7) is 0. The zero-order valence-electron chi connectivity index (χ0n) is 3.19. The molecule has 0 bridgehead atoms. The van der Waals surface area contributed by atoms with Gasteiger partial charge in [0, 0.05) is 0 Å². The first kappa shape index (κ1) is 6.43. The minimum atomic E-state index is -1.45. The highest BCUT2D eigenvalue weighted by atomic mass is 35.5. The van der Waals surface area contributed by atoms with Gasteiger partial charge in [0.15, 0.2) is 5.03 Å². The largest absolute Gasteiger partial charge is 0.477 e. The fourth-order valence-electron chi connectivity index (χ4n) is 0.0467. The molecule has 0 aromatic heterocycles. The number of rotatable bonds is 1. The van der Waals surface area contributed by atoms with E-state index in [0.29, 0.717) is 0 Å². The Morgan fingerprint density at radius 2 is 2.29 bits per heavy atom. The van der Waals surface area contributed by atoms with Crippen LogP contribution in [0.15, 0.2) is 11.4 Å². The molecule has 4 heteroatoms.